The summed E-state index contributed by atoms with van der Waals surface area (Å²) in [7, 11) is 2.75. The molecule has 8 nitrogen and oxygen atoms in total. The fourth-order valence-corrected chi connectivity index (χ4v) is 4.90. The highest BCUT2D eigenvalue weighted by atomic mass is 35.5. The molecule has 2 aromatic rings. The summed E-state index contributed by atoms with van der Waals surface area (Å²) in [6.45, 7) is 0.798. The lowest BCUT2D eigenvalue weighted by molar-refractivity contribution is -0.140. The van der Waals surface area contributed by atoms with E-state index in [0.717, 1.165) is 12.8 Å². The zero-order valence-electron chi connectivity index (χ0n) is 18.0. The molecule has 4 rings (SSSR count). The maximum atomic E-state index is 13.2. The number of nitrogens with zero attached hydrogens (tertiary/aromatic N) is 2. The lowest BCUT2D eigenvalue weighted by atomic mass is 9.97. The van der Waals surface area contributed by atoms with Gasteiger partial charge in [-0.2, -0.15) is 0 Å². The molecule has 2 atom stereocenters. The van der Waals surface area contributed by atoms with Gasteiger partial charge in [0.1, 0.15) is 16.8 Å². The molecule has 0 spiro atoms. The molecule has 1 aromatic carbocycles. The molecule has 2 aliphatic heterocycles. The van der Waals surface area contributed by atoms with Crippen LogP contribution in [-0.4, -0.2) is 60.2 Å². The van der Waals surface area contributed by atoms with Crippen LogP contribution >= 0.6 is 23.2 Å². The number of carbonyl (C=O) groups is 2. The highest BCUT2D eigenvalue weighted by Crippen LogP contribution is 2.47. The van der Waals surface area contributed by atoms with Crippen LogP contribution < -0.4 is 9.47 Å². The second-order valence-electron chi connectivity index (χ2n) is 7.63. The number of aliphatic hydroxyl groups excluding tert-OH is 1. The number of benzene rings is 1. The van der Waals surface area contributed by atoms with Crippen molar-refractivity contribution in [1.29, 1.82) is 0 Å². The number of hydrogen-bond acceptors (Lipinski definition) is 7. The highest BCUT2D eigenvalue weighted by Gasteiger charge is 2.48. The fourth-order valence-electron chi connectivity index (χ4n) is 4.21. The van der Waals surface area contributed by atoms with Gasteiger partial charge in [0, 0.05) is 19.3 Å². The predicted octanol–water partition coefficient (Wildman–Crippen LogP) is 4.01. The second kappa shape index (κ2) is 9.59. The van der Waals surface area contributed by atoms with Crippen LogP contribution in [0.3, 0.4) is 0 Å². The third-order valence-electron chi connectivity index (χ3n) is 5.73. The summed E-state index contributed by atoms with van der Waals surface area (Å²) in [6, 6.07) is 5.62. The molecule has 1 aromatic heterocycles. The Hall–Kier alpha value is -2.81. The van der Waals surface area contributed by atoms with Crippen LogP contribution in [0.5, 0.6) is 11.5 Å². The van der Waals surface area contributed by atoms with Crippen molar-refractivity contribution in [3.63, 3.8) is 0 Å². The molecular weight excluding hydrogens is 471 g/mol. The van der Waals surface area contributed by atoms with E-state index in [1.807, 2.05) is 0 Å². The summed E-state index contributed by atoms with van der Waals surface area (Å²) in [5.74, 6) is -1.84. The largest absolute Gasteiger partial charge is 0.507 e. The van der Waals surface area contributed by atoms with Crippen molar-refractivity contribution in [3.8, 4) is 11.5 Å². The van der Waals surface area contributed by atoms with E-state index < -0.39 is 23.5 Å². The molecule has 1 amide bonds. The van der Waals surface area contributed by atoms with Gasteiger partial charge in [-0.1, -0.05) is 29.3 Å². The molecule has 2 unspecified atom stereocenters. The SMILES string of the molecule is COc1c(Cl)cc(/C(O)=C2\C(=O)C(=O)N(CC3CCCO3)C2c2ccccn2)c(OC)c1Cl. The summed E-state index contributed by atoms with van der Waals surface area (Å²) in [5.41, 5.74) is 0.359. The number of pyridine rings is 1. The van der Waals surface area contributed by atoms with Crippen LogP contribution in [0, 0.1) is 0 Å². The number of hydrogen-bond donors (Lipinski definition) is 1. The van der Waals surface area contributed by atoms with E-state index in [-0.39, 0.29) is 45.3 Å². The number of Topliss-reactive ketones (excluding diaryl/α,β-unsaturated/α-hetero) is 1. The van der Waals surface area contributed by atoms with Gasteiger partial charge >= 0.3 is 0 Å². The lowest BCUT2D eigenvalue weighted by Crippen LogP contribution is -2.36. The van der Waals surface area contributed by atoms with Crippen molar-refractivity contribution in [3.05, 3.63) is 57.3 Å². The third kappa shape index (κ3) is 4.14. The molecule has 10 heteroatoms. The zero-order valence-corrected chi connectivity index (χ0v) is 19.5. The minimum atomic E-state index is -0.917. The van der Waals surface area contributed by atoms with Gasteiger partial charge < -0.3 is 24.2 Å². The van der Waals surface area contributed by atoms with Crippen LogP contribution in [0.2, 0.25) is 10.0 Å². The number of ether oxygens (including phenoxy) is 3. The van der Waals surface area contributed by atoms with E-state index in [4.69, 9.17) is 37.4 Å². The number of rotatable bonds is 6. The number of aliphatic hydroxyl groups is 1. The molecule has 1 N–H and O–H groups in total. The van der Waals surface area contributed by atoms with Crippen LogP contribution in [0.15, 0.2) is 36.0 Å². The Morgan fingerprint density at radius 3 is 2.61 bits per heavy atom. The zero-order chi connectivity index (χ0) is 23.7. The summed E-state index contributed by atoms with van der Waals surface area (Å²) in [4.78, 5) is 32.0. The monoisotopic (exact) mass is 492 g/mol. The maximum Gasteiger partial charge on any atom is 0.295 e. The minimum absolute atomic E-state index is 0.0250. The molecule has 174 valence electrons. The smallest absolute Gasteiger partial charge is 0.295 e. The highest BCUT2D eigenvalue weighted by molar-refractivity contribution is 6.47. The maximum absolute atomic E-state index is 13.2. The number of carbonyl (C=O) groups excluding carboxylic acids is 2. The first-order valence-electron chi connectivity index (χ1n) is 10.3. The van der Waals surface area contributed by atoms with Crippen LogP contribution in [0.1, 0.15) is 30.1 Å². The molecule has 3 heterocycles. The summed E-state index contributed by atoms with van der Waals surface area (Å²) in [5, 5.41) is 11.5. The molecule has 2 saturated heterocycles. The molecule has 0 saturated carbocycles. The first kappa shape index (κ1) is 23.4. The van der Waals surface area contributed by atoms with E-state index in [0.29, 0.717) is 12.3 Å². The van der Waals surface area contributed by atoms with Gasteiger partial charge in [-0.25, -0.2) is 0 Å². The molecule has 2 fully saturated rings. The number of halogens is 2. The van der Waals surface area contributed by atoms with Crippen molar-refractivity contribution < 1.29 is 28.9 Å². The molecule has 0 radical (unpaired) electrons. The lowest BCUT2D eigenvalue weighted by Gasteiger charge is -2.26. The van der Waals surface area contributed by atoms with Gasteiger partial charge in [0.05, 0.1) is 42.2 Å². The van der Waals surface area contributed by atoms with Crippen molar-refractivity contribution in [2.75, 3.05) is 27.4 Å². The Balaban J connectivity index is 1.90. The number of amides is 1. The van der Waals surface area contributed by atoms with Gasteiger partial charge in [0.25, 0.3) is 11.7 Å². The number of aromatic nitrogens is 1. The summed E-state index contributed by atoms with van der Waals surface area (Å²) in [6.07, 6.45) is 3.01. The van der Waals surface area contributed by atoms with Gasteiger partial charge in [-0.15, -0.1) is 0 Å². The average Bonchev–Trinajstić information content (AvgIpc) is 3.41. The third-order valence-corrected chi connectivity index (χ3v) is 6.35. The van der Waals surface area contributed by atoms with E-state index in [1.54, 1.807) is 24.4 Å². The second-order valence-corrected chi connectivity index (χ2v) is 8.41. The Morgan fingerprint density at radius 2 is 2.00 bits per heavy atom. The Morgan fingerprint density at radius 1 is 1.24 bits per heavy atom. The van der Waals surface area contributed by atoms with Crippen LogP contribution in [-0.2, 0) is 14.3 Å². The summed E-state index contributed by atoms with van der Waals surface area (Å²) < 4.78 is 16.3. The number of likely N-dealkylation sites (tertiary alicyclic amines) is 1. The first-order valence-corrected chi connectivity index (χ1v) is 11.1. The van der Waals surface area contributed by atoms with E-state index in [2.05, 4.69) is 4.98 Å². The molecule has 0 aliphatic carbocycles. The van der Waals surface area contributed by atoms with E-state index >= 15 is 0 Å². The molecular formula is C23H22Cl2N2O6. The van der Waals surface area contributed by atoms with Gasteiger partial charge in [0.2, 0.25) is 0 Å². The van der Waals surface area contributed by atoms with Gasteiger partial charge in [-0.3, -0.25) is 14.6 Å². The van der Waals surface area contributed by atoms with E-state index in [1.165, 1.54) is 25.2 Å². The van der Waals surface area contributed by atoms with Crippen LogP contribution in [0.4, 0.5) is 0 Å². The topological polar surface area (TPSA) is 98.2 Å². The van der Waals surface area contributed by atoms with Crippen LogP contribution in [0.25, 0.3) is 5.76 Å². The Labute approximate surface area is 200 Å². The molecule has 0 bridgehead atoms. The van der Waals surface area contributed by atoms with E-state index in [9.17, 15) is 14.7 Å². The van der Waals surface area contributed by atoms with Crippen molar-refractivity contribution in [2.24, 2.45) is 0 Å². The van der Waals surface area contributed by atoms with Crippen molar-refractivity contribution >= 4 is 40.7 Å². The molecule has 33 heavy (non-hydrogen) atoms. The molecule has 2 aliphatic rings. The predicted molar refractivity (Wildman–Crippen MR) is 122 cm³/mol. The number of ketones is 1. The minimum Gasteiger partial charge on any atom is -0.507 e. The summed E-state index contributed by atoms with van der Waals surface area (Å²) >= 11 is 12.7. The van der Waals surface area contributed by atoms with Gasteiger partial charge in [0.15, 0.2) is 11.5 Å². The van der Waals surface area contributed by atoms with Crippen molar-refractivity contribution in [2.45, 2.75) is 25.0 Å². The van der Waals surface area contributed by atoms with Gasteiger partial charge in [-0.05, 0) is 31.0 Å². The quantitative estimate of drug-likeness (QED) is 0.369. The number of methoxy groups -OCH3 is 2. The Bertz CT molecular complexity index is 1120. The first-order chi connectivity index (χ1) is 15.9. The average molecular weight is 493 g/mol. The normalized spacial score (nSPS) is 22.1. The Kier molecular flexibility index (Phi) is 6.78. The van der Waals surface area contributed by atoms with Crippen molar-refractivity contribution in [1.82, 2.24) is 9.88 Å². The standard InChI is InChI=1S/C23H22Cl2N2O6/c1-31-21-13(10-14(24)22(32-2)17(21)25)19(28)16-18(15-7-3-4-8-26-15)27(23(30)20(16)29)11-12-6-5-9-33-12/h3-4,7-8,10,12,18,28H,5-6,9,11H2,1-2H3/b19-16+. The fraction of sp³-hybridized carbons (Fsp3) is 0.348.